The van der Waals surface area contributed by atoms with Crippen molar-refractivity contribution in [3.05, 3.63) is 71.3 Å². The average molecular weight is 518 g/mol. The summed E-state index contributed by atoms with van der Waals surface area (Å²) in [6, 6.07) is 13.4. The van der Waals surface area contributed by atoms with Crippen molar-refractivity contribution in [3.63, 3.8) is 0 Å². The predicted octanol–water partition coefficient (Wildman–Crippen LogP) is 5.69. The molecule has 0 saturated heterocycles. The second kappa shape index (κ2) is 9.55. The van der Waals surface area contributed by atoms with Gasteiger partial charge in [-0.1, -0.05) is 25.9 Å². The standard InChI is InChI=1S/C28H31N5O5/c1-28(2,3)24-13-25(32-38-24)31-27(36)29-16-6-9-22-15(10-16)11-23(37-22)26(35)20-12-17-18(14-33(4)5)21(34)8-7-19(17)30-20/h6-13,26,30,34-35H,14H2,1-5H3,(H2,29,31,32,36). The molecule has 0 aliphatic carbocycles. The van der Waals surface area contributed by atoms with E-state index in [0.29, 0.717) is 40.8 Å². The number of nitrogens with zero attached hydrogens (tertiary/aromatic N) is 2. The molecule has 2 aromatic carbocycles. The molecule has 0 fully saturated rings. The molecule has 0 bridgehead atoms. The van der Waals surface area contributed by atoms with E-state index in [1.807, 2.05) is 45.8 Å². The van der Waals surface area contributed by atoms with Gasteiger partial charge in [0.2, 0.25) is 0 Å². The second-order valence-corrected chi connectivity index (χ2v) is 10.7. The van der Waals surface area contributed by atoms with E-state index in [4.69, 9.17) is 8.94 Å². The highest BCUT2D eigenvalue weighted by atomic mass is 16.5. The lowest BCUT2D eigenvalue weighted by Gasteiger charge is -2.12. The van der Waals surface area contributed by atoms with Crippen molar-refractivity contribution in [2.75, 3.05) is 24.7 Å². The number of amides is 2. The first-order valence-electron chi connectivity index (χ1n) is 12.2. The van der Waals surface area contributed by atoms with Gasteiger partial charge in [0.05, 0.1) is 5.69 Å². The number of phenols is 1. The SMILES string of the molecule is CN(C)Cc1c(O)ccc2[nH]c(C(O)c3cc4cc(NC(=O)Nc5cc(C(C)(C)C)on5)ccc4o3)cc12. The van der Waals surface area contributed by atoms with Gasteiger partial charge in [-0.25, -0.2) is 4.79 Å². The largest absolute Gasteiger partial charge is 0.508 e. The average Bonchev–Trinajstić information content (AvgIpc) is 3.57. The number of aliphatic hydroxyl groups excluding tert-OH is 1. The molecule has 5 aromatic rings. The van der Waals surface area contributed by atoms with E-state index < -0.39 is 12.1 Å². The van der Waals surface area contributed by atoms with Crippen LogP contribution in [-0.2, 0) is 12.0 Å². The Bertz CT molecular complexity index is 1620. The minimum absolute atomic E-state index is 0.206. The quantitative estimate of drug-likeness (QED) is 0.195. The van der Waals surface area contributed by atoms with E-state index in [1.54, 1.807) is 42.5 Å². The number of urea groups is 1. The Balaban J connectivity index is 1.34. The highest BCUT2D eigenvalue weighted by molar-refractivity contribution is 6.00. The summed E-state index contributed by atoms with van der Waals surface area (Å²) in [5.74, 6) is 1.54. The van der Waals surface area contributed by atoms with Gasteiger partial charge < -0.3 is 34.4 Å². The molecule has 0 aliphatic rings. The lowest BCUT2D eigenvalue weighted by atomic mass is 9.93. The number of aromatic nitrogens is 2. The number of carbonyl (C=O) groups is 1. The highest BCUT2D eigenvalue weighted by Gasteiger charge is 2.22. The molecule has 2 amide bonds. The zero-order valence-electron chi connectivity index (χ0n) is 21.9. The van der Waals surface area contributed by atoms with Gasteiger partial charge in [0.15, 0.2) is 11.9 Å². The number of anilines is 2. The number of aromatic hydroxyl groups is 1. The van der Waals surface area contributed by atoms with Crippen LogP contribution in [0.4, 0.5) is 16.3 Å². The molecule has 5 N–H and O–H groups in total. The molecule has 38 heavy (non-hydrogen) atoms. The third kappa shape index (κ3) is 5.09. The van der Waals surface area contributed by atoms with E-state index >= 15 is 0 Å². The number of hydrogen-bond donors (Lipinski definition) is 5. The van der Waals surface area contributed by atoms with Gasteiger partial charge in [-0.05, 0) is 56.6 Å². The van der Waals surface area contributed by atoms with Gasteiger partial charge in [0, 0.05) is 45.6 Å². The fourth-order valence-electron chi connectivity index (χ4n) is 4.30. The molecule has 5 rings (SSSR count). The van der Waals surface area contributed by atoms with Gasteiger partial charge in [-0.3, -0.25) is 5.32 Å². The summed E-state index contributed by atoms with van der Waals surface area (Å²) >= 11 is 0. The normalized spacial score (nSPS) is 12.9. The summed E-state index contributed by atoms with van der Waals surface area (Å²) in [5, 5.41) is 32.3. The fraction of sp³-hybridized carbons (Fsp3) is 0.286. The van der Waals surface area contributed by atoms with Crippen molar-refractivity contribution < 1.29 is 23.9 Å². The van der Waals surface area contributed by atoms with Crippen LogP contribution in [0.1, 0.15) is 49.7 Å². The van der Waals surface area contributed by atoms with E-state index in [-0.39, 0.29) is 11.2 Å². The first-order valence-corrected chi connectivity index (χ1v) is 12.2. The molecule has 1 atom stereocenters. The van der Waals surface area contributed by atoms with Gasteiger partial charge >= 0.3 is 6.03 Å². The molecule has 10 nitrogen and oxygen atoms in total. The maximum Gasteiger partial charge on any atom is 0.324 e. The topological polar surface area (TPSA) is 140 Å². The van der Waals surface area contributed by atoms with Crippen LogP contribution >= 0.6 is 0 Å². The Kier molecular flexibility index (Phi) is 6.38. The smallest absolute Gasteiger partial charge is 0.324 e. The lowest BCUT2D eigenvalue weighted by molar-refractivity contribution is 0.188. The third-order valence-electron chi connectivity index (χ3n) is 6.23. The number of aliphatic hydroxyl groups is 1. The van der Waals surface area contributed by atoms with Crippen LogP contribution < -0.4 is 10.6 Å². The van der Waals surface area contributed by atoms with Crippen LogP contribution in [-0.4, -0.2) is 45.4 Å². The molecular weight excluding hydrogens is 486 g/mol. The van der Waals surface area contributed by atoms with Crippen LogP contribution in [0.3, 0.4) is 0 Å². The van der Waals surface area contributed by atoms with Crippen molar-refractivity contribution in [2.24, 2.45) is 0 Å². The second-order valence-electron chi connectivity index (χ2n) is 10.7. The van der Waals surface area contributed by atoms with Crippen LogP contribution in [0.2, 0.25) is 0 Å². The zero-order chi connectivity index (χ0) is 27.2. The van der Waals surface area contributed by atoms with Crippen LogP contribution in [0.5, 0.6) is 5.75 Å². The molecule has 0 radical (unpaired) electrons. The Morgan fingerprint density at radius 3 is 2.61 bits per heavy atom. The van der Waals surface area contributed by atoms with Crippen molar-refractivity contribution in [1.29, 1.82) is 0 Å². The van der Waals surface area contributed by atoms with Gasteiger partial charge in [0.25, 0.3) is 0 Å². The number of furan rings is 1. The molecule has 198 valence electrons. The number of H-pyrrole nitrogens is 1. The number of fused-ring (bicyclic) bond motifs is 2. The van der Waals surface area contributed by atoms with Crippen molar-refractivity contribution >= 4 is 39.4 Å². The maximum absolute atomic E-state index is 12.5. The van der Waals surface area contributed by atoms with Crippen LogP contribution in [0, 0.1) is 0 Å². The number of benzene rings is 2. The Morgan fingerprint density at radius 1 is 1.11 bits per heavy atom. The van der Waals surface area contributed by atoms with E-state index in [2.05, 4.69) is 20.8 Å². The lowest BCUT2D eigenvalue weighted by Crippen LogP contribution is -2.19. The van der Waals surface area contributed by atoms with Gasteiger partial charge in [-0.15, -0.1) is 0 Å². The third-order valence-corrected chi connectivity index (χ3v) is 6.23. The summed E-state index contributed by atoms with van der Waals surface area (Å²) in [7, 11) is 3.86. The molecule has 0 aliphatic heterocycles. The monoisotopic (exact) mass is 517 g/mol. The Labute approximate surface area is 219 Å². The minimum Gasteiger partial charge on any atom is -0.508 e. The molecule has 0 saturated carbocycles. The van der Waals surface area contributed by atoms with Crippen LogP contribution in [0.25, 0.3) is 21.9 Å². The van der Waals surface area contributed by atoms with E-state index in [0.717, 1.165) is 21.9 Å². The first kappa shape index (κ1) is 25.4. The molecule has 3 aromatic heterocycles. The molecular formula is C28H31N5O5. The molecule has 3 heterocycles. The fourth-order valence-corrected chi connectivity index (χ4v) is 4.30. The predicted molar refractivity (Wildman–Crippen MR) is 145 cm³/mol. The summed E-state index contributed by atoms with van der Waals surface area (Å²) in [6.45, 7) is 6.54. The van der Waals surface area contributed by atoms with Gasteiger partial charge in [-0.2, -0.15) is 0 Å². The van der Waals surface area contributed by atoms with Crippen molar-refractivity contribution in [2.45, 2.75) is 38.8 Å². The summed E-state index contributed by atoms with van der Waals surface area (Å²) in [5.41, 5.74) is 3.03. The van der Waals surface area contributed by atoms with E-state index in [1.165, 1.54) is 0 Å². The number of carbonyl (C=O) groups excluding carboxylic acids is 1. The zero-order valence-corrected chi connectivity index (χ0v) is 21.9. The van der Waals surface area contributed by atoms with E-state index in [9.17, 15) is 15.0 Å². The number of nitrogens with one attached hydrogen (secondary N) is 3. The molecule has 1 unspecified atom stereocenters. The van der Waals surface area contributed by atoms with Crippen molar-refractivity contribution in [1.82, 2.24) is 15.0 Å². The molecule has 0 spiro atoms. The van der Waals surface area contributed by atoms with Gasteiger partial charge in [0.1, 0.15) is 22.9 Å². The maximum atomic E-state index is 12.5. The molecule has 10 heteroatoms. The first-order chi connectivity index (χ1) is 18.0. The Morgan fingerprint density at radius 2 is 1.89 bits per heavy atom. The van der Waals surface area contributed by atoms with Crippen LogP contribution in [0.15, 0.2) is 57.5 Å². The minimum atomic E-state index is -1.05. The Hall–Kier alpha value is -4.28. The number of phenolic OH excluding ortho intramolecular Hbond substituents is 1. The summed E-state index contributed by atoms with van der Waals surface area (Å²) < 4.78 is 11.2. The number of hydrogen-bond acceptors (Lipinski definition) is 7. The summed E-state index contributed by atoms with van der Waals surface area (Å²) in [6.07, 6.45) is -1.05. The van der Waals surface area contributed by atoms with Crippen molar-refractivity contribution in [3.8, 4) is 5.75 Å². The number of rotatable bonds is 6. The highest BCUT2D eigenvalue weighted by Crippen LogP contribution is 2.34. The summed E-state index contributed by atoms with van der Waals surface area (Å²) in [4.78, 5) is 17.7. The number of aromatic amines is 1.